The van der Waals surface area contributed by atoms with Gasteiger partial charge in [0.05, 0.1) is 5.56 Å². The normalized spacial score (nSPS) is 10.4. The van der Waals surface area contributed by atoms with Crippen LogP contribution in [0.15, 0.2) is 54.9 Å². The van der Waals surface area contributed by atoms with Crippen LogP contribution in [0.25, 0.3) is 22.8 Å². The molecule has 0 radical (unpaired) electrons. The third kappa shape index (κ3) is 2.83. The predicted molar refractivity (Wildman–Crippen MR) is 82.4 cm³/mol. The van der Waals surface area contributed by atoms with Crippen LogP contribution in [0, 0.1) is 6.92 Å². The quantitative estimate of drug-likeness (QED) is 0.801. The number of carbonyl (C=O) groups is 1. The fraction of sp³-hybridized carbons (Fsp3) is 0.0588. The van der Waals surface area contributed by atoms with Crippen molar-refractivity contribution in [2.45, 2.75) is 6.92 Å². The highest BCUT2D eigenvalue weighted by molar-refractivity contribution is 5.89. The maximum absolute atomic E-state index is 11.1. The van der Waals surface area contributed by atoms with Gasteiger partial charge in [0.15, 0.2) is 11.6 Å². The molecule has 0 aliphatic heterocycles. The van der Waals surface area contributed by atoms with Crippen LogP contribution in [0.1, 0.15) is 15.9 Å². The van der Waals surface area contributed by atoms with Crippen LogP contribution >= 0.6 is 0 Å². The standard InChI is InChI=1S/C17H13N3O2/c1-11-4-2-5-12(8-11)15-18-10-19-16(20-15)13-6-3-7-14(9-13)17(21)22/h2-10H,1H3,(H,21,22). The Morgan fingerprint density at radius 2 is 1.59 bits per heavy atom. The van der Waals surface area contributed by atoms with Crippen molar-refractivity contribution in [2.24, 2.45) is 0 Å². The van der Waals surface area contributed by atoms with E-state index in [-0.39, 0.29) is 5.56 Å². The van der Waals surface area contributed by atoms with Gasteiger partial charge >= 0.3 is 5.97 Å². The average Bonchev–Trinajstić information content (AvgIpc) is 2.55. The Morgan fingerprint density at radius 3 is 2.23 bits per heavy atom. The molecule has 2 aromatic carbocycles. The van der Waals surface area contributed by atoms with Crippen molar-refractivity contribution in [3.63, 3.8) is 0 Å². The second-order valence-corrected chi connectivity index (χ2v) is 4.89. The molecule has 0 saturated heterocycles. The van der Waals surface area contributed by atoms with Gasteiger partial charge in [0, 0.05) is 11.1 Å². The molecule has 0 aliphatic rings. The maximum Gasteiger partial charge on any atom is 0.335 e. The van der Waals surface area contributed by atoms with Crippen LogP contribution in [0.2, 0.25) is 0 Å². The average molecular weight is 291 g/mol. The molecule has 5 nitrogen and oxygen atoms in total. The molecule has 3 aromatic rings. The van der Waals surface area contributed by atoms with Crippen molar-refractivity contribution in [3.8, 4) is 22.8 Å². The van der Waals surface area contributed by atoms with Gasteiger partial charge < -0.3 is 5.11 Å². The third-order valence-electron chi connectivity index (χ3n) is 3.22. The van der Waals surface area contributed by atoms with Crippen LogP contribution in [-0.4, -0.2) is 26.0 Å². The number of aryl methyl sites for hydroxylation is 1. The molecule has 1 heterocycles. The summed E-state index contributed by atoms with van der Waals surface area (Å²) in [6.45, 7) is 2.00. The van der Waals surface area contributed by atoms with E-state index in [0.717, 1.165) is 11.1 Å². The molecule has 1 aromatic heterocycles. The van der Waals surface area contributed by atoms with E-state index in [0.29, 0.717) is 17.2 Å². The number of rotatable bonds is 3. The van der Waals surface area contributed by atoms with E-state index < -0.39 is 5.97 Å². The Bertz CT molecular complexity index is 847. The lowest BCUT2D eigenvalue weighted by Crippen LogP contribution is -1.98. The minimum Gasteiger partial charge on any atom is -0.478 e. The number of benzene rings is 2. The maximum atomic E-state index is 11.1. The Balaban J connectivity index is 2.05. The van der Waals surface area contributed by atoms with Crippen molar-refractivity contribution in [2.75, 3.05) is 0 Å². The van der Waals surface area contributed by atoms with Crippen LogP contribution in [0.4, 0.5) is 0 Å². The topological polar surface area (TPSA) is 76.0 Å². The van der Waals surface area contributed by atoms with Crippen molar-refractivity contribution in [1.82, 2.24) is 15.0 Å². The van der Waals surface area contributed by atoms with Crippen LogP contribution in [0.5, 0.6) is 0 Å². The minimum atomic E-state index is -0.977. The van der Waals surface area contributed by atoms with Crippen LogP contribution in [0.3, 0.4) is 0 Å². The lowest BCUT2D eigenvalue weighted by molar-refractivity contribution is 0.0697. The summed E-state index contributed by atoms with van der Waals surface area (Å²) in [4.78, 5) is 23.8. The molecule has 0 atom stereocenters. The van der Waals surface area contributed by atoms with E-state index in [4.69, 9.17) is 5.11 Å². The molecule has 0 amide bonds. The first-order chi connectivity index (χ1) is 10.6. The first-order valence-corrected chi connectivity index (χ1v) is 6.73. The van der Waals surface area contributed by atoms with E-state index in [1.165, 1.54) is 12.4 Å². The Kier molecular flexibility index (Phi) is 3.62. The highest BCUT2D eigenvalue weighted by Gasteiger charge is 2.09. The van der Waals surface area contributed by atoms with E-state index in [2.05, 4.69) is 15.0 Å². The van der Waals surface area contributed by atoms with Crippen molar-refractivity contribution in [3.05, 3.63) is 66.0 Å². The molecular formula is C17H13N3O2. The number of nitrogens with zero attached hydrogens (tertiary/aromatic N) is 3. The molecule has 0 spiro atoms. The molecule has 1 N–H and O–H groups in total. The summed E-state index contributed by atoms with van der Waals surface area (Å²) in [5.74, 6) is 0.0406. The summed E-state index contributed by atoms with van der Waals surface area (Å²) in [6, 6.07) is 14.4. The number of aromatic carboxylic acids is 1. The zero-order valence-corrected chi connectivity index (χ0v) is 11.9. The zero-order chi connectivity index (χ0) is 15.5. The lowest BCUT2D eigenvalue weighted by Gasteiger charge is -2.05. The van der Waals surface area contributed by atoms with Gasteiger partial charge in [-0.3, -0.25) is 0 Å². The van der Waals surface area contributed by atoms with Gasteiger partial charge in [0.1, 0.15) is 6.33 Å². The summed E-state index contributed by atoms with van der Waals surface area (Å²) in [7, 11) is 0. The van der Waals surface area contributed by atoms with Gasteiger partial charge in [-0.05, 0) is 25.1 Å². The van der Waals surface area contributed by atoms with E-state index in [1.807, 2.05) is 31.2 Å². The molecular weight excluding hydrogens is 278 g/mol. The highest BCUT2D eigenvalue weighted by atomic mass is 16.4. The summed E-state index contributed by atoms with van der Waals surface area (Å²) in [5, 5.41) is 9.07. The van der Waals surface area contributed by atoms with Gasteiger partial charge in [-0.1, -0.05) is 35.9 Å². The van der Waals surface area contributed by atoms with Gasteiger partial charge in [0.2, 0.25) is 0 Å². The molecule has 0 fully saturated rings. The van der Waals surface area contributed by atoms with Gasteiger partial charge in [-0.25, -0.2) is 19.7 Å². The second kappa shape index (κ2) is 5.73. The number of carboxylic acid groups (broad SMARTS) is 1. The Labute approximate surface area is 127 Å². The van der Waals surface area contributed by atoms with E-state index in [9.17, 15) is 4.79 Å². The SMILES string of the molecule is Cc1cccc(-c2ncnc(-c3cccc(C(=O)O)c3)n2)c1. The number of aromatic nitrogens is 3. The smallest absolute Gasteiger partial charge is 0.335 e. The molecule has 0 bridgehead atoms. The van der Waals surface area contributed by atoms with Crippen molar-refractivity contribution >= 4 is 5.97 Å². The van der Waals surface area contributed by atoms with Crippen molar-refractivity contribution in [1.29, 1.82) is 0 Å². The fourth-order valence-electron chi connectivity index (χ4n) is 2.15. The monoisotopic (exact) mass is 291 g/mol. The second-order valence-electron chi connectivity index (χ2n) is 4.89. The van der Waals surface area contributed by atoms with Crippen molar-refractivity contribution < 1.29 is 9.90 Å². The Hall–Kier alpha value is -3.08. The zero-order valence-electron chi connectivity index (χ0n) is 11.9. The first-order valence-electron chi connectivity index (χ1n) is 6.73. The summed E-state index contributed by atoms with van der Waals surface area (Å²) in [5.41, 5.74) is 2.87. The summed E-state index contributed by atoms with van der Waals surface area (Å²) >= 11 is 0. The molecule has 0 unspecified atom stereocenters. The minimum absolute atomic E-state index is 0.204. The third-order valence-corrected chi connectivity index (χ3v) is 3.22. The Morgan fingerprint density at radius 1 is 0.955 bits per heavy atom. The molecule has 22 heavy (non-hydrogen) atoms. The van der Waals surface area contributed by atoms with Gasteiger partial charge in [-0.2, -0.15) is 0 Å². The van der Waals surface area contributed by atoms with Gasteiger partial charge in [0.25, 0.3) is 0 Å². The van der Waals surface area contributed by atoms with Crippen LogP contribution < -0.4 is 0 Å². The number of carboxylic acids is 1. The predicted octanol–water partition coefficient (Wildman–Crippen LogP) is 3.21. The van der Waals surface area contributed by atoms with Gasteiger partial charge in [-0.15, -0.1) is 0 Å². The molecule has 3 rings (SSSR count). The largest absolute Gasteiger partial charge is 0.478 e. The highest BCUT2D eigenvalue weighted by Crippen LogP contribution is 2.20. The number of hydrogen-bond donors (Lipinski definition) is 1. The molecule has 0 saturated carbocycles. The first kappa shape index (κ1) is 13.9. The molecule has 5 heteroatoms. The lowest BCUT2D eigenvalue weighted by atomic mass is 10.1. The molecule has 0 aliphatic carbocycles. The number of hydrogen-bond acceptors (Lipinski definition) is 4. The summed E-state index contributed by atoms with van der Waals surface area (Å²) in [6.07, 6.45) is 1.44. The molecule has 108 valence electrons. The van der Waals surface area contributed by atoms with E-state index in [1.54, 1.807) is 18.2 Å². The summed E-state index contributed by atoms with van der Waals surface area (Å²) < 4.78 is 0. The van der Waals surface area contributed by atoms with E-state index >= 15 is 0 Å². The van der Waals surface area contributed by atoms with Crippen LogP contribution in [-0.2, 0) is 0 Å². The fourth-order valence-corrected chi connectivity index (χ4v) is 2.15.